The number of nitrogens with one attached hydrogen (secondary N) is 1. The summed E-state index contributed by atoms with van der Waals surface area (Å²) in [5, 5.41) is 4.63. The maximum Gasteiger partial charge on any atom is 0.252 e. The van der Waals surface area contributed by atoms with Crippen LogP contribution >= 0.6 is 11.3 Å². The lowest BCUT2D eigenvalue weighted by molar-refractivity contribution is -0.117. The molecule has 1 saturated heterocycles. The number of benzene rings is 1. The van der Waals surface area contributed by atoms with E-state index in [2.05, 4.69) is 5.32 Å². The van der Waals surface area contributed by atoms with E-state index in [0.29, 0.717) is 41.8 Å². The van der Waals surface area contributed by atoms with Crippen molar-refractivity contribution in [1.82, 2.24) is 9.21 Å². The van der Waals surface area contributed by atoms with Crippen molar-refractivity contribution < 1.29 is 17.9 Å². The Morgan fingerprint density at radius 3 is 2.59 bits per heavy atom. The van der Waals surface area contributed by atoms with Crippen molar-refractivity contribution in [3.05, 3.63) is 41.3 Å². The molecule has 9 heteroatoms. The number of ether oxygens (including phenoxy) is 1. The van der Waals surface area contributed by atoms with Gasteiger partial charge in [0.05, 0.1) is 19.3 Å². The van der Waals surface area contributed by atoms with Crippen LogP contribution in [0.4, 0.5) is 5.69 Å². The highest BCUT2D eigenvalue weighted by molar-refractivity contribution is 7.91. The van der Waals surface area contributed by atoms with Gasteiger partial charge in [-0.3, -0.25) is 9.69 Å². The first-order valence-electron chi connectivity index (χ1n) is 8.60. The molecule has 2 aromatic rings. The summed E-state index contributed by atoms with van der Waals surface area (Å²) in [6.45, 7) is 3.95. The van der Waals surface area contributed by atoms with Gasteiger partial charge in [0.15, 0.2) is 0 Å². The summed E-state index contributed by atoms with van der Waals surface area (Å²) in [6, 6.07) is 8.95. The van der Waals surface area contributed by atoms with E-state index in [-0.39, 0.29) is 12.5 Å². The van der Waals surface area contributed by atoms with Gasteiger partial charge in [0, 0.05) is 26.2 Å². The summed E-state index contributed by atoms with van der Waals surface area (Å²) in [4.78, 5) is 14.3. The number of anilines is 1. The van der Waals surface area contributed by atoms with E-state index in [1.54, 1.807) is 24.6 Å². The third kappa shape index (κ3) is 4.67. The number of sulfonamides is 1. The Kier molecular flexibility index (Phi) is 6.15. The summed E-state index contributed by atoms with van der Waals surface area (Å²) in [5.74, 6) is 0.467. The van der Waals surface area contributed by atoms with Crippen LogP contribution in [0.2, 0.25) is 0 Å². The molecular formula is C18H23N3O4S2. The zero-order chi connectivity index (χ0) is 19.4. The van der Waals surface area contributed by atoms with Crippen molar-refractivity contribution >= 4 is 33.0 Å². The third-order valence-electron chi connectivity index (χ3n) is 4.42. The van der Waals surface area contributed by atoms with Gasteiger partial charge in [0.25, 0.3) is 10.0 Å². The molecule has 0 unspecified atom stereocenters. The number of nitrogens with zero attached hydrogens (tertiary/aromatic N) is 2. The summed E-state index contributed by atoms with van der Waals surface area (Å²) in [6.07, 6.45) is 0. The Balaban J connectivity index is 1.55. The van der Waals surface area contributed by atoms with Crippen molar-refractivity contribution in [3.8, 4) is 5.75 Å². The van der Waals surface area contributed by atoms with Gasteiger partial charge in [-0.25, -0.2) is 8.42 Å². The van der Waals surface area contributed by atoms with Gasteiger partial charge in [0.1, 0.15) is 9.96 Å². The second-order valence-corrected chi connectivity index (χ2v) is 9.48. The molecule has 0 bridgehead atoms. The predicted octanol–water partition coefficient (Wildman–Crippen LogP) is 2.01. The number of thiophene rings is 1. The molecule has 1 aliphatic rings. The second-order valence-electron chi connectivity index (χ2n) is 6.36. The zero-order valence-corrected chi connectivity index (χ0v) is 17.0. The number of methoxy groups -OCH3 is 1. The quantitative estimate of drug-likeness (QED) is 0.790. The highest BCUT2D eigenvalue weighted by Crippen LogP contribution is 2.25. The molecule has 0 spiro atoms. The maximum absolute atomic E-state index is 12.5. The van der Waals surface area contributed by atoms with Crippen LogP contribution in [0.3, 0.4) is 0 Å². The first kappa shape index (κ1) is 19.8. The van der Waals surface area contributed by atoms with E-state index in [0.717, 1.165) is 5.56 Å². The Labute approximate surface area is 163 Å². The molecule has 0 radical (unpaired) electrons. The number of hydrogen-bond donors (Lipinski definition) is 1. The zero-order valence-electron chi connectivity index (χ0n) is 15.3. The van der Waals surface area contributed by atoms with Gasteiger partial charge in [-0.15, -0.1) is 11.3 Å². The van der Waals surface area contributed by atoms with Crippen LogP contribution in [0.1, 0.15) is 5.56 Å². The van der Waals surface area contributed by atoms with Gasteiger partial charge in [-0.05, 0) is 36.1 Å². The second kappa shape index (κ2) is 8.39. The minimum atomic E-state index is -3.42. The molecule has 1 amide bonds. The van der Waals surface area contributed by atoms with Gasteiger partial charge >= 0.3 is 0 Å². The molecule has 146 valence electrons. The molecule has 1 aromatic carbocycles. The van der Waals surface area contributed by atoms with Gasteiger partial charge in [0.2, 0.25) is 5.91 Å². The van der Waals surface area contributed by atoms with Gasteiger partial charge in [-0.1, -0.05) is 12.1 Å². The summed E-state index contributed by atoms with van der Waals surface area (Å²) in [5.41, 5.74) is 1.67. The molecule has 0 saturated carbocycles. The molecule has 1 aromatic heterocycles. The lowest BCUT2D eigenvalue weighted by Gasteiger charge is -2.33. The number of carbonyl (C=O) groups excluding carboxylic acids is 1. The third-order valence-corrected chi connectivity index (χ3v) is 7.69. The molecule has 3 rings (SSSR count). The fraction of sp³-hybridized carbons (Fsp3) is 0.389. The number of rotatable bonds is 6. The number of aryl methyl sites for hydroxylation is 1. The highest BCUT2D eigenvalue weighted by atomic mass is 32.2. The molecule has 1 N–H and O–H groups in total. The van der Waals surface area contributed by atoms with Crippen LogP contribution in [0, 0.1) is 6.92 Å². The lowest BCUT2D eigenvalue weighted by atomic mass is 10.2. The highest BCUT2D eigenvalue weighted by Gasteiger charge is 2.29. The van der Waals surface area contributed by atoms with Crippen LogP contribution in [-0.2, 0) is 14.8 Å². The smallest absolute Gasteiger partial charge is 0.252 e. The van der Waals surface area contributed by atoms with E-state index >= 15 is 0 Å². The van der Waals surface area contributed by atoms with Crippen LogP contribution in [-0.4, -0.2) is 63.4 Å². The van der Waals surface area contributed by atoms with Crippen LogP contribution < -0.4 is 10.1 Å². The molecule has 0 atom stereocenters. The Morgan fingerprint density at radius 2 is 1.96 bits per heavy atom. The largest absolute Gasteiger partial charge is 0.495 e. The number of piperazine rings is 1. The average Bonchev–Trinajstić information content (AvgIpc) is 3.18. The Hall–Kier alpha value is -1.94. The number of carbonyl (C=O) groups is 1. The fourth-order valence-corrected chi connectivity index (χ4v) is 5.54. The van der Waals surface area contributed by atoms with Gasteiger partial charge in [-0.2, -0.15) is 4.31 Å². The van der Waals surface area contributed by atoms with E-state index < -0.39 is 10.0 Å². The fourth-order valence-electron chi connectivity index (χ4n) is 2.98. The molecular weight excluding hydrogens is 386 g/mol. The molecule has 0 aliphatic carbocycles. The topological polar surface area (TPSA) is 79.0 Å². The summed E-state index contributed by atoms with van der Waals surface area (Å²) >= 11 is 1.22. The monoisotopic (exact) mass is 409 g/mol. The minimum absolute atomic E-state index is 0.145. The standard InChI is InChI=1S/C18H23N3O4S2/c1-14-5-6-16(25-2)15(12-14)19-17(22)13-20-7-9-21(10-8-20)27(23,24)18-4-3-11-26-18/h3-6,11-12H,7-10,13H2,1-2H3,(H,19,22). The van der Waals surface area contributed by atoms with Crippen molar-refractivity contribution in [2.45, 2.75) is 11.1 Å². The van der Waals surface area contributed by atoms with E-state index in [4.69, 9.17) is 4.74 Å². The Morgan fingerprint density at radius 1 is 1.22 bits per heavy atom. The first-order chi connectivity index (χ1) is 12.9. The summed E-state index contributed by atoms with van der Waals surface area (Å²) in [7, 11) is -1.86. The SMILES string of the molecule is COc1ccc(C)cc1NC(=O)CN1CCN(S(=O)(=O)c2cccs2)CC1. The van der Waals surface area contributed by atoms with Crippen molar-refractivity contribution in [2.24, 2.45) is 0 Å². The van der Waals surface area contributed by atoms with Gasteiger partial charge < -0.3 is 10.1 Å². The maximum atomic E-state index is 12.5. The first-order valence-corrected chi connectivity index (χ1v) is 10.9. The van der Waals surface area contributed by atoms with E-state index in [1.165, 1.54) is 15.6 Å². The number of amides is 1. The predicted molar refractivity (Wildman–Crippen MR) is 106 cm³/mol. The number of hydrogen-bond acceptors (Lipinski definition) is 6. The molecule has 27 heavy (non-hydrogen) atoms. The molecule has 1 fully saturated rings. The Bertz CT molecular complexity index is 889. The van der Waals surface area contributed by atoms with E-state index in [1.807, 2.05) is 30.0 Å². The summed E-state index contributed by atoms with van der Waals surface area (Å²) < 4.78 is 32.2. The van der Waals surface area contributed by atoms with Crippen molar-refractivity contribution in [2.75, 3.05) is 45.2 Å². The van der Waals surface area contributed by atoms with E-state index in [9.17, 15) is 13.2 Å². The minimum Gasteiger partial charge on any atom is -0.495 e. The van der Waals surface area contributed by atoms with Crippen LogP contribution in [0.25, 0.3) is 0 Å². The van der Waals surface area contributed by atoms with Crippen molar-refractivity contribution in [1.29, 1.82) is 0 Å². The normalized spacial score (nSPS) is 16.2. The molecule has 7 nitrogen and oxygen atoms in total. The average molecular weight is 410 g/mol. The molecule has 2 heterocycles. The van der Waals surface area contributed by atoms with Crippen LogP contribution in [0.5, 0.6) is 5.75 Å². The lowest BCUT2D eigenvalue weighted by Crippen LogP contribution is -2.50. The van der Waals surface area contributed by atoms with Crippen LogP contribution in [0.15, 0.2) is 39.9 Å². The molecule has 1 aliphatic heterocycles. The van der Waals surface area contributed by atoms with Crippen molar-refractivity contribution in [3.63, 3.8) is 0 Å².